The molecule has 0 fully saturated rings. The highest BCUT2D eigenvalue weighted by atomic mass is 16.6. The Bertz CT molecular complexity index is 875. The molecule has 1 aliphatic carbocycles. The molecule has 4 nitrogen and oxygen atoms in total. The highest BCUT2D eigenvalue weighted by Gasteiger charge is 2.30. The van der Waals surface area contributed by atoms with Crippen molar-refractivity contribution in [2.45, 2.75) is 45.3 Å². The highest BCUT2D eigenvalue weighted by Crippen LogP contribution is 2.38. The molecule has 27 heavy (non-hydrogen) atoms. The van der Waals surface area contributed by atoms with E-state index in [1.54, 1.807) is 6.92 Å². The molecule has 0 spiro atoms. The standard InChI is InChI=1S/C23H25NO3/c1-15(25)16-9-11-18(12-10-16)20-14-13-17-7-5-6-8-19(17)21(20)24-22(26)27-23(2,3)4/h5-14,20-21H,1-4H3,(H,24,26)/t20-,21-/m1/s1. The number of ketones is 1. The van der Waals surface area contributed by atoms with Gasteiger partial charge in [0.25, 0.3) is 0 Å². The third-order valence-corrected chi connectivity index (χ3v) is 4.55. The van der Waals surface area contributed by atoms with Crippen molar-refractivity contribution >= 4 is 18.0 Å². The Morgan fingerprint density at radius 2 is 1.67 bits per heavy atom. The van der Waals surface area contributed by atoms with Crippen LogP contribution in [0.2, 0.25) is 0 Å². The van der Waals surface area contributed by atoms with Gasteiger partial charge in [-0.2, -0.15) is 0 Å². The largest absolute Gasteiger partial charge is 0.444 e. The first-order chi connectivity index (χ1) is 12.7. The lowest BCUT2D eigenvalue weighted by Crippen LogP contribution is -2.37. The van der Waals surface area contributed by atoms with Crippen molar-refractivity contribution < 1.29 is 14.3 Å². The van der Waals surface area contributed by atoms with Gasteiger partial charge in [0.2, 0.25) is 0 Å². The summed E-state index contributed by atoms with van der Waals surface area (Å²) < 4.78 is 5.47. The minimum atomic E-state index is -0.563. The quantitative estimate of drug-likeness (QED) is 0.756. The molecule has 0 saturated carbocycles. The summed E-state index contributed by atoms with van der Waals surface area (Å²) >= 11 is 0. The van der Waals surface area contributed by atoms with Crippen molar-refractivity contribution in [2.24, 2.45) is 0 Å². The van der Waals surface area contributed by atoms with Crippen LogP contribution in [0.25, 0.3) is 6.08 Å². The second-order valence-corrected chi connectivity index (χ2v) is 7.82. The fourth-order valence-corrected chi connectivity index (χ4v) is 3.30. The summed E-state index contributed by atoms with van der Waals surface area (Å²) in [4.78, 5) is 24.0. The summed E-state index contributed by atoms with van der Waals surface area (Å²) in [6, 6.07) is 15.3. The lowest BCUT2D eigenvalue weighted by atomic mass is 9.80. The third-order valence-electron chi connectivity index (χ3n) is 4.55. The van der Waals surface area contributed by atoms with Crippen molar-refractivity contribution in [1.29, 1.82) is 0 Å². The van der Waals surface area contributed by atoms with E-state index in [1.807, 2.05) is 69.3 Å². The molecule has 0 heterocycles. The molecule has 140 valence electrons. The maximum Gasteiger partial charge on any atom is 0.408 e. The maximum atomic E-state index is 12.5. The van der Waals surface area contributed by atoms with Crippen LogP contribution in [0.5, 0.6) is 0 Å². The summed E-state index contributed by atoms with van der Waals surface area (Å²) in [7, 11) is 0. The van der Waals surface area contributed by atoms with Crippen LogP contribution in [-0.2, 0) is 4.74 Å². The first-order valence-electron chi connectivity index (χ1n) is 9.12. The summed E-state index contributed by atoms with van der Waals surface area (Å²) in [5.74, 6) is -0.0112. The van der Waals surface area contributed by atoms with Crippen LogP contribution >= 0.6 is 0 Å². The van der Waals surface area contributed by atoms with Gasteiger partial charge in [-0.25, -0.2) is 4.79 Å². The number of carbonyl (C=O) groups is 2. The summed E-state index contributed by atoms with van der Waals surface area (Å²) in [5.41, 5.74) is 3.27. The average Bonchev–Trinajstić information content (AvgIpc) is 2.60. The normalized spacial score (nSPS) is 18.5. The number of benzene rings is 2. The van der Waals surface area contributed by atoms with Crippen molar-refractivity contribution in [1.82, 2.24) is 5.32 Å². The van der Waals surface area contributed by atoms with Crippen LogP contribution in [0.15, 0.2) is 54.6 Å². The number of hydrogen-bond acceptors (Lipinski definition) is 3. The average molecular weight is 363 g/mol. The van der Waals surface area contributed by atoms with Crippen LogP contribution in [0.1, 0.15) is 66.7 Å². The lowest BCUT2D eigenvalue weighted by Gasteiger charge is -2.32. The van der Waals surface area contributed by atoms with Crippen molar-refractivity contribution in [2.75, 3.05) is 0 Å². The molecule has 0 aromatic heterocycles. The van der Waals surface area contributed by atoms with Gasteiger partial charge in [-0.3, -0.25) is 4.79 Å². The third kappa shape index (κ3) is 4.45. The number of amides is 1. The summed E-state index contributed by atoms with van der Waals surface area (Å²) in [5, 5.41) is 3.04. The minimum absolute atomic E-state index is 0.0366. The van der Waals surface area contributed by atoms with Crippen molar-refractivity contribution in [3.63, 3.8) is 0 Å². The minimum Gasteiger partial charge on any atom is -0.444 e. The van der Waals surface area contributed by atoms with E-state index < -0.39 is 11.7 Å². The van der Waals surface area contributed by atoms with Gasteiger partial charge in [-0.05, 0) is 44.4 Å². The fraction of sp³-hybridized carbons (Fsp3) is 0.304. The molecule has 3 rings (SSSR count). The van der Waals surface area contributed by atoms with E-state index >= 15 is 0 Å². The molecular formula is C23H25NO3. The molecular weight excluding hydrogens is 338 g/mol. The van der Waals surface area contributed by atoms with E-state index in [0.717, 1.165) is 16.7 Å². The molecule has 1 amide bonds. The summed E-state index contributed by atoms with van der Waals surface area (Å²) in [6.45, 7) is 7.09. The second-order valence-electron chi connectivity index (χ2n) is 7.82. The van der Waals surface area contributed by atoms with E-state index in [4.69, 9.17) is 4.74 Å². The number of carbonyl (C=O) groups excluding carboxylic acids is 2. The van der Waals surface area contributed by atoms with E-state index in [0.29, 0.717) is 5.56 Å². The number of ether oxygens (including phenoxy) is 1. The molecule has 0 aliphatic heterocycles. The van der Waals surface area contributed by atoms with E-state index in [2.05, 4.69) is 17.5 Å². The zero-order chi connectivity index (χ0) is 19.6. The Morgan fingerprint density at radius 3 is 2.30 bits per heavy atom. The first kappa shape index (κ1) is 18.9. The molecule has 0 unspecified atom stereocenters. The Kier molecular flexibility index (Phi) is 5.17. The zero-order valence-electron chi connectivity index (χ0n) is 16.2. The topological polar surface area (TPSA) is 55.4 Å². The Morgan fingerprint density at radius 1 is 1.00 bits per heavy atom. The van der Waals surface area contributed by atoms with Gasteiger partial charge < -0.3 is 10.1 Å². The zero-order valence-corrected chi connectivity index (χ0v) is 16.2. The molecule has 0 bridgehead atoms. The van der Waals surface area contributed by atoms with Crippen LogP contribution in [0.4, 0.5) is 4.79 Å². The molecule has 2 aromatic rings. The van der Waals surface area contributed by atoms with Gasteiger partial charge in [-0.1, -0.05) is 60.7 Å². The van der Waals surface area contributed by atoms with E-state index in [9.17, 15) is 9.59 Å². The van der Waals surface area contributed by atoms with Crippen LogP contribution in [0, 0.1) is 0 Å². The molecule has 2 atom stereocenters. The monoisotopic (exact) mass is 363 g/mol. The molecule has 4 heteroatoms. The lowest BCUT2D eigenvalue weighted by molar-refractivity contribution is 0.0499. The van der Waals surface area contributed by atoms with Gasteiger partial charge in [-0.15, -0.1) is 0 Å². The predicted octanol–water partition coefficient (Wildman–Crippen LogP) is 5.27. The molecule has 1 aliphatic rings. The molecule has 0 saturated heterocycles. The van der Waals surface area contributed by atoms with Gasteiger partial charge in [0.15, 0.2) is 5.78 Å². The smallest absolute Gasteiger partial charge is 0.408 e. The molecule has 0 radical (unpaired) electrons. The van der Waals surface area contributed by atoms with E-state index in [-0.39, 0.29) is 17.7 Å². The van der Waals surface area contributed by atoms with Crippen molar-refractivity contribution in [3.05, 3.63) is 76.9 Å². The van der Waals surface area contributed by atoms with Crippen LogP contribution in [-0.4, -0.2) is 17.5 Å². The Labute approximate surface area is 160 Å². The SMILES string of the molecule is CC(=O)c1ccc([C@H]2C=Cc3ccccc3[C@H]2NC(=O)OC(C)(C)C)cc1. The highest BCUT2D eigenvalue weighted by molar-refractivity contribution is 5.94. The first-order valence-corrected chi connectivity index (χ1v) is 9.12. The van der Waals surface area contributed by atoms with Crippen LogP contribution < -0.4 is 5.32 Å². The number of fused-ring (bicyclic) bond motifs is 1. The number of hydrogen-bond donors (Lipinski definition) is 1. The molecule has 2 aromatic carbocycles. The second kappa shape index (κ2) is 7.39. The number of nitrogens with one attached hydrogen (secondary N) is 1. The van der Waals surface area contributed by atoms with Gasteiger partial charge in [0.05, 0.1) is 6.04 Å². The number of rotatable bonds is 3. The predicted molar refractivity (Wildman–Crippen MR) is 107 cm³/mol. The van der Waals surface area contributed by atoms with Gasteiger partial charge >= 0.3 is 6.09 Å². The number of Topliss-reactive ketones (excluding diaryl/α,β-unsaturated/α-hetero) is 1. The van der Waals surface area contributed by atoms with E-state index in [1.165, 1.54) is 0 Å². The van der Waals surface area contributed by atoms with Gasteiger partial charge in [0, 0.05) is 11.5 Å². The Balaban J connectivity index is 1.94. The fourth-order valence-electron chi connectivity index (χ4n) is 3.30. The molecule has 1 N–H and O–H groups in total. The van der Waals surface area contributed by atoms with Crippen molar-refractivity contribution in [3.8, 4) is 0 Å². The number of alkyl carbamates (subject to hydrolysis) is 1. The summed E-state index contributed by atoms with van der Waals surface area (Å²) in [6.07, 6.45) is 3.72. The Hall–Kier alpha value is -2.88. The van der Waals surface area contributed by atoms with Crippen LogP contribution in [0.3, 0.4) is 0 Å². The maximum absolute atomic E-state index is 12.5. The van der Waals surface area contributed by atoms with Gasteiger partial charge in [0.1, 0.15) is 5.60 Å².